The number of nitrogens with zero attached hydrogens (tertiary/aromatic N) is 1. The van der Waals surface area contributed by atoms with E-state index in [9.17, 15) is 4.79 Å². The fourth-order valence-corrected chi connectivity index (χ4v) is 2.58. The summed E-state index contributed by atoms with van der Waals surface area (Å²) in [6, 6.07) is 14.8. The van der Waals surface area contributed by atoms with Gasteiger partial charge in [0.05, 0.1) is 25.3 Å². The molecular formula is C19H20N2O3. The smallest absolute Gasteiger partial charge is 0.226 e. The molecule has 0 aliphatic carbocycles. The molecule has 5 heteroatoms. The first-order valence-corrected chi connectivity index (χ1v) is 7.95. The second-order valence-corrected chi connectivity index (χ2v) is 5.37. The fraction of sp³-hybridized carbons (Fsp3) is 0.211. The highest BCUT2D eigenvalue weighted by molar-refractivity contribution is 5.91. The van der Waals surface area contributed by atoms with Gasteiger partial charge >= 0.3 is 0 Å². The molecular weight excluding hydrogens is 304 g/mol. The van der Waals surface area contributed by atoms with Crippen molar-refractivity contribution in [1.82, 2.24) is 4.57 Å². The van der Waals surface area contributed by atoms with Crippen molar-refractivity contribution in [2.75, 3.05) is 11.9 Å². The lowest BCUT2D eigenvalue weighted by atomic mass is 10.1. The summed E-state index contributed by atoms with van der Waals surface area (Å²) in [5, 5.41) is 2.92. The predicted molar refractivity (Wildman–Crippen MR) is 92.1 cm³/mol. The Bertz CT molecular complexity index is 712. The van der Waals surface area contributed by atoms with Crippen molar-refractivity contribution in [3.63, 3.8) is 0 Å². The van der Waals surface area contributed by atoms with Crippen molar-refractivity contribution in [3.05, 3.63) is 72.9 Å². The van der Waals surface area contributed by atoms with Gasteiger partial charge in [-0.3, -0.25) is 4.79 Å². The first kappa shape index (κ1) is 15.9. The number of furan rings is 1. The summed E-state index contributed by atoms with van der Waals surface area (Å²) in [6.07, 6.45) is 5.76. The predicted octanol–water partition coefficient (Wildman–Crippen LogP) is 4.10. The standard InChI is InChI=1S/C19H20N2O3/c1-2-23-16-9-7-15(8-10-16)20-19(22)14-17(18-6-5-13-24-18)21-11-3-4-12-21/h3-13,17H,2,14H2,1H3,(H,20,22). The summed E-state index contributed by atoms with van der Waals surface area (Å²) >= 11 is 0. The van der Waals surface area contributed by atoms with Crippen LogP contribution >= 0.6 is 0 Å². The Morgan fingerprint density at radius 1 is 1.17 bits per heavy atom. The van der Waals surface area contributed by atoms with Crippen LogP contribution in [0.5, 0.6) is 5.75 Å². The van der Waals surface area contributed by atoms with Gasteiger partial charge in [0.25, 0.3) is 0 Å². The van der Waals surface area contributed by atoms with E-state index in [4.69, 9.17) is 9.15 Å². The maximum atomic E-state index is 12.4. The summed E-state index contributed by atoms with van der Waals surface area (Å²) in [5.74, 6) is 1.47. The molecule has 124 valence electrons. The van der Waals surface area contributed by atoms with Crippen LogP contribution in [0.4, 0.5) is 5.69 Å². The highest BCUT2D eigenvalue weighted by Gasteiger charge is 2.19. The Labute approximate surface area is 140 Å². The largest absolute Gasteiger partial charge is 0.494 e. The van der Waals surface area contributed by atoms with Crippen molar-refractivity contribution in [3.8, 4) is 5.75 Å². The molecule has 0 bridgehead atoms. The van der Waals surface area contributed by atoms with E-state index in [1.54, 1.807) is 6.26 Å². The molecule has 0 spiro atoms. The van der Waals surface area contributed by atoms with Crippen molar-refractivity contribution >= 4 is 11.6 Å². The monoisotopic (exact) mass is 324 g/mol. The Morgan fingerprint density at radius 3 is 2.54 bits per heavy atom. The first-order valence-electron chi connectivity index (χ1n) is 7.95. The molecule has 0 aliphatic heterocycles. The van der Waals surface area contributed by atoms with Crippen LogP contribution in [-0.2, 0) is 4.79 Å². The van der Waals surface area contributed by atoms with E-state index in [0.717, 1.165) is 17.2 Å². The maximum Gasteiger partial charge on any atom is 0.226 e. The molecule has 5 nitrogen and oxygen atoms in total. The molecule has 0 saturated carbocycles. The van der Waals surface area contributed by atoms with Crippen molar-refractivity contribution in [1.29, 1.82) is 0 Å². The van der Waals surface area contributed by atoms with Crippen LogP contribution in [0.3, 0.4) is 0 Å². The molecule has 2 aromatic heterocycles. The number of nitrogens with one attached hydrogen (secondary N) is 1. The van der Waals surface area contributed by atoms with E-state index in [1.807, 2.05) is 72.4 Å². The van der Waals surface area contributed by atoms with E-state index < -0.39 is 0 Å². The van der Waals surface area contributed by atoms with Crippen LogP contribution in [0.1, 0.15) is 25.1 Å². The molecule has 1 unspecified atom stereocenters. The van der Waals surface area contributed by atoms with Crippen LogP contribution in [-0.4, -0.2) is 17.1 Å². The number of amides is 1. The number of ether oxygens (including phenoxy) is 1. The molecule has 0 saturated heterocycles. The second-order valence-electron chi connectivity index (χ2n) is 5.37. The summed E-state index contributed by atoms with van der Waals surface area (Å²) in [5.41, 5.74) is 0.745. The number of benzene rings is 1. The zero-order chi connectivity index (χ0) is 16.8. The lowest BCUT2D eigenvalue weighted by Crippen LogP contribution is -2.19. The lowest BCUT2D eigenvalue weighted by Gasteiger charge is -2.16. The van der Waals surface area contributed by atoms with Gasteiger partial charge < -0.3 is 19.0 Å². The Morgan fingerprint density at radius 2 is 1.92 bits per heavy atom. The molecule has 1 atom stereocenters. The van der Waals surface area contributed by atoms with E-state index in [0.29, 0.717) is 6.61 Å². The third kappa shape index (κ3) is 3.87. The number of rotatable bonds is 7. The van der Waals surface area contributed by atoms with Crippen LogP contribution in [0, 0.1) is 0 Å². The number of hydrogen-bond acceptors (Lipinski definition) is 3. The van der Waals surface area contributed by atoms with Gasteiger partial charge in [-0.1, -0.05) is 0 Å². The number of hydrogen-bond donors (Lipinski definition) is 1. The van der Waals surface area contributed by atoms with Crippen molar-refractivity contribution < 1.29 is 13.9 Å². The van der Waals surface area contributed by atoms with Gasteiger partial charge in [0.15, 0.2) is 0 Å². The average molecular weight is 324 g/mol. The van der Waals surface area contributed by atoms with E-state index in [1.165, 1.54) is 0 Å². The Kier molecular flexibility index (Phi) is 5.01. The summed E-state index contributed by atoms with van der Waals surface area (Å²) < 4.78 is 12.9. The van der Waals surface area contributed by atoms with Gasteiger partial charge in [0.1, 0.15) is 11.5 Å². The SMILES string of the molecule is CCOc1ccc(NC(=O)CC(c2ccco2)n2cccc2)cc1. The van der Waals surface area contributed by atoms with E-state index >= 15 is 0 Å². The maximum absolute atomic E-state index is 12.4. The van der Waals surface area contributed by atoms with Crippen LogP contribution < -0.4 is 10.1 Å². The number of carbonyl (C=O) groups is 1. The minimum absolute atomic E-state index is 0.0748. The summed E-state index contributed by atoms with van der Waals surface area (Å²) in [6.45, 7) is 2.55. The molecule has 24 heavy (non-hydrogen) atoms. The number of anilines is 1. The first-order chi connectivity index (χ1) is 11.8. The Balaban J connectivity index is 1.67. The molecule has 2 heterocycles. The van der Waals surface area contributed by atoms with Gasteiger partial charge in [0, 0.05) is 18.1 Å². The highest BCUT2D eigenvalue weighted by Crippen LogP contribution is 2.24. The third-order valence-electron chi connectivity index (χ3n) is 3.69. The average Bonchev–Trinajstić information content (AvgIpc) is 3.29. The minimum atomic E-state index is -0.169. The minimum Gasteiger partial charge on any atom is -0.494 e. The molecule has 1 N–H and O–H groups in total. The third-order valence-corrected chi connectivity index (χ3v) is 3.69. The number of carbonyl (C=O) groups excluding carboxylic acids is 1. The summed E-state index contributed by atoms with van der Waals surface area (Å²) in [7, 11) is 0. The fourth-order valence-electron chi connectivity index (χ4n) is 2.58. The van der Waals surface area contributed by atoms with Crippen LogP contribution in [0.25, 0.3) is 0 Å². The zero-order valence-electron chi connectivity index (χ0n) is 13.5. The van der Waals surface area contributed by atoms with E-state index in [-0.39, 0.29) is 18.4 Å². The van der Waals surface area contributed by atoms with Crippen molar-refractivity contribution in [2.45, 2.75) is 19.4 Å². The quantitative estimate of drug-likeness (QED) is 0.712. The molecule has 0 radical (unpaired) electrons. The second kappa shape index (κ2) is 7.55. The lowest BCUT2D eigenvalue weighted by molar-refractivity contribution is -0.116. The molecule has 3 aromatic rings. The van der Waals surface area contributed by atoms with Crippen LogP contribution in [0.15, 0.2) is 71.6 Å². The molecule has 1 aromatic carbocycles. The van der Waals surface area contributed by atoms with Crippen LogP contribution in [0.2, 0.25) is 0 Å². The summed E-state index contributed by atoms with van der Waals surface area (Å²) in [4.78, 5) is 12.4. The van der Waals surface area contributed by atoms with E-state index in [2.05, 4.69) is 5.32 Å². The van der Waals surface area contributed by atoms with Crippen molar-refractivity contribution in [2.24, 2.45) is 0 Å². The molecule has 1 amide bonds. The van der Waals surface area contributed by atoms with Gasteiger partial charge in [-0.15, -0.1) is 0 Å². The van der Waals surface area contributed by atoms with Gasteiger partial charge in [-0.05, 0) is 55.5 Å². The van der Waals surface area contributed by atoms with Gasteiger partial charge in [-0.25, -0.2) is 0 Å². The molecule has 3 rings (SSSR count). The molecule has 0 aliphatic rings. The normalized spacial score (nSPS) is 11.9. The topological polar surface area (TPSA) is 56.4 Å². The Hall–Kier alpha value is -2.95. The van der Waals surface area contributed by atoms with Gasteiger partial charge in [0.2, 0.25) is 5.91 Å². The molecule has 0 fully saturated rings. The number of aromatic nitrogens is 1. The highest BCUT2D eigenvalue weighted by atomic mass is 16.5. The zero-order valence-corrected chi connectivity index (χ0v) is 13.5. The van der Waals surface area contributed by atoms with Gasteiger partial charge in [-0.2, -0.15) is 0 Å².